The molecule has 2 aromatic carbocycles. The maximum atomic E-state index is 12.4. The van der Waals surface area contributed by atoms with E-state index in [0.29, 0.717) is 17.1 Å². The van der Waals surface area contributed by atoms with Gasteiger partial charge in [0.15, 0.2) is 0 Å². The molecule has 0 aliphatic carbocycles. The number of anilines is 1. The van der Waals surface area contributed by atoms with Gasteiger partial charge in [-0.3, -0.25) is 9.10 Å². The fourth-order valence-corrected chi connectivity index (χ4v) is 4.60. The van der Waals surface area contributed by atoms with E-state index in [2.05, 4.69) is 38.2 Å². The Morgan fingerprint density at radius 1 is 1.10 bits per heavy atom. The molecule has 0 aliphatic rings. The first kappa shape index (κ1) is 25.5. The molecule has 0 unspecified atom stereocenters. The van der Waals surface area contributed by atoms with Crippen LogP contribution in [0.4, 0.5) is 5.69 Å². The van der Waals surface area contributed by atoms with Crippen LogP contribution in [0.15, 0.2) is 42.5 Å². The third kappa shape index (κ3) is 7.41. The zero-order chi connectivity index (χ0) is 23.4. The molecule has 1 atom stereocenters. The van der Waals surface area contributed by atoms with Gasteiger partial charge in [-0.25, -0.2) is 8.42 Å². The highest BCUT2D eigenvalue weighted by molar-refractivity contribution is 7.92. The summed E-state index contributed by atoms with van der Waals surface area (Å²) in [5.74, 6) is -0.141. The Morgan fingerprint density at radius 2 is 1.71 bits per heavy atom. The second kappa shape index (κ2) is 10.2. The van der Waals surface area contributed by atoms with Gasteiger partial charge in [0.05, 0.1) is 23.0 Å². The van der Waals surface area contributed by atoms with Crippen LogP contribution >= 0.6 is 23.2 Å². The Kier molecular flexibility index (Phi) is 8.42. The van der Waals surface area contributed by atoms with E-state index in [1.165, 1.54) is 15.9 Å². The molecular formula is C23H30Cl2N2O3S. The van der Waals surface area contributed by atoms with Crippen molar-refractivity contribution in [2.75, 3.05) is 17.1 Å². The summed E-state index contributed by atoms with van der Waals surface area (Å²) in [7, 11) is -3.58. The van der Waals surface area contributed by atoms with Gasteiger partial charge in [-0.15, -0.1) is 0 Å². The highest BCUT2D eigenvalue weighted by atomic mass is 35.5. The first-order chi connectivity index (χ1) is 14.3. The lowest BCUT2D eigenvalue weighted by Gasteiger charge is -2.24. The maximum Gasteiger partial charge on any atom is 0.232 e. The van der Waals surface area contributed by atoms with Crippen LogP contribution in [-0.2, 0) is 20.2 Å². The van der Waals surface area contributed by atoms with Crippen LogP contribution in [0.3, 0.4) is 0 Å². The maximum absolute atomic E-state index is 12.4. The van der Waals surface area contributed by atoms with Gasteiger partial charge in [0.1, 0.15) is 0 Å². The molecule has 2 rings (SSSR count). The van der Waals surface area contributed by atoms with Crippen LogP contribution in [0.1, 0.15) is 57.7 Å². The van der Waals surface area contributed by atoms with E-state index in [1.807, 2.05) is 19.1 Å². The molecule has 0 aromatic heterocycles. The lowest BCUT2D eigenvalue weighted by atomic mass is 9.86. The normalized spacial score (nSPS) is 13.0. The molecule has 0 fully saturated rings. The Hall–Kier alpha value is -1.76. The molecule has 0 bridgehead atoms. The molecule has 8 heteroatoms. The molecule has 0 saturated carbocycles. The third-order valence-electron chi connectivity index (χ3n) is 5.00. The van der Waals surface area contributed by atoms with Gasteiger partial charge >= 0.3 is 0 Å². The second-order valence-corrected chi connectivity index (χ2v) is 11.4. The predicted molar refractivity (Wildman–Crippen MR) is 130 cm³/mol. The van der Waals surface area contributed by atoms with Crippen molar-refractivity contribution in [3.05, 3.63) is 63.6 Å². The molecule has 0 radical (unpaired) electrons. The zero-order valence-electron chi connectivity index (χ0n) is 18.6. The van der Waals surface area contributed by atoms with Gasteiger partial charge in [0.2, 0.25) is 15.9 Å². The number of halogens is 2. The largest absolute Gasteiger partial charge is 0.350 e. The van der Waals surface area contributed by atoms with Crippen molar-refractivity contribution in [2.24, 2.45) is 0 Å². The van der Waals surface area contributed by atoms with Gasteiger partial charge in [0, 0.05) is 18.0 Å². The van der Waals surface area contributed by atoms with Crippen LogP contribution in [-0.4, -0.2) is 27.1 Å². The summed E-state index contributed by atoms with van der Waals surface area (Å²) in [5, 5.41) is 3.64. The van der Waals surface area contributed by atoms with E-state index < -0.39 is 10.0 Å². The van der Waals surface area contributed by atoms with Crippen molar-refractivity contribution < 1.29 is 13.2 Å². The van der Waals surface area contributed by atoms with Crippen molar-refractivity contribution in [1.29, 1.82) is 0 Å². The smallest absolute Gasteiger partial charge is 0.232 e. The van der Waals surface area contributed by atoms with E-state index in [-0.39, 0.29) is 35.4 Å². The number of amides is 1. The SMILES string of the molecule is C[C@H](NC(=O)CCCN(c1cc(Cl)ccc1Cl)S(C)(=O)=O)c1ccc(C(C)(C)C)cc1. The number of sulfonamides is 1. The average Bonchev–Trinajstić information content (AvgIpc) is 2.66. The number of nitrogens with one attached hydrogen (secondary N) is 1. The number of benzene rings is 2. The van der Waals surface area contributed by atoms with Crippen molar-refractivity contribution in [2.45, 2.75) is 52.0 Å². The molecular weight excluding hydrogens is 455 g/mol. The first-order valence-corrected chi connectivity index (χ1v) is 12.7. The van der Waals surface area contributed by atoms with Crippen LogP contribution in [0, 0.1) is 0 Å². The number of nitrogens with zero attached hydrogens (tertiary/aromatic N) is 1. The minimum atomic E-state index is -3.58. The minimum Gasteiger partial charge on any atom is -0.350 e. The van der Waals surface area contributed by atoms with Crippen LogP contribution < -0.4 is 9.62 Å². The lowest BCUT2D eigenvalue weighted by molar-refractivity contribution is -0.121. The van der Waals surface area contributed by atoms with Crippen molar-refractivity contribution in [3.8, 4) is 0 Å². The number of carbonyl (C=O) groups excluding carboxylic acids is 1. The second-order valence-electron chi connectivity index (χ2n) is 8.70. The Balaban J connectivity index is 1.97. The molecule has 0 aliphatic heterocycles. The fourth-order valence-electron chi connectivity index (χ4n) is 3.19. The standard InChI is InChI=1S/C23H30Cl2N2O3S/c1-16(17-8-10-18(11-9-17)23(2,3)4)26-22(28)7-6-14-27(31(5,29)30)21-15-19(24)12-13-20(21)25/h8-13,15-16H,6-7,14H2,1-5H3,(H,26,28)/t16-/m0/s1. The molecule has 5 nitrogen and oxygen atoms in total. The van der Waals surface area contributed by atoms with E-state index in [9.17, 15) is 13.2 Å². The predicted octanol–water partition coefficient (Wildman–Crippen LogP) is 5.71. The van der Waals surface area contributed by atoms with E-state index in [1.54, 1.807) is 12.1 Å². The molecule has 2 aromatic rings. The Bertz CT molecular complexity index is 1020. The fraction of sp³-hybridized carbons (Fsp3) is 0.435. The van der Waals surface area contributed by atoms with Gasteiger partial charge < -0.3 is 5.32 Å². The summed E-state index contributed by atoms with van der Waals surface area (Å²) in [6.45, 7) is 8.52. The monoisotopic (exact) mass is 484 g/mol. The van der Waals surface area contributed by atoms with Crippen molar-refractivity contribution in [3.63, 3.8) is 0 Å². The summed E-state index contributed by atoms with van der Waals surface area (Å²) >= 11 is 12.2. The summed E-state index contributed by atoms with van der Waals surface area (Å²) in [5.41, 5.74) is 2.63. The molecule has 0 heterocycles. The zero-order valence-corrected chi connectivity index (χ0v) is 20.9. The van der Waals surface area contributed by atoms with E-state index in [0.717, 1.165) is 11.8 Å². The average molecular weight is 485 g/mol. The molecule has 1 N–H and O–H groups in total. The number of hydrogen-bond donors (Lipinski definition) is 1. The molecule has 170 valence electrons. The molecule has 0 spiro atoms. The molecule has 0 saturated heterocycles. The summed E-state index contributed by atoms with van der Waals surface area (Å²) in [6.07, 6.45) is 1.64. The van der Waals surface area contributed by atoms with Crippen molar-refractivity contribution in [1.82, 2.24) is 5.32 Å². The number of rotatable bonds is 8. The van der Waals surface area contributed by atoms with E-state index >= 15 is 0 Å². The van der Waals surface area contributed by atoms with Crippen LogP contribution in [0.25, 0.3) is 0 Å². The van der Waals surface area contributed by atoms with Gasteiger partial charge in [-0.1, -0.05) is 68.2 Å². The first-order valence-electron chi connectivity index (χ1n) is 10.1. The molecule has 31 heavy (non-hydrogen) atoms. The summed E-state index contributed by atoms with van der Waals surface area (Å²) < 4.78 is 25.7. The topological polar surface area (TPSA) is 66.5 Å². The molecule has 1 amide bonds. The van der Waals surface area contributed by atoms with Gasteiger partial charge in [-0.05, 0) is 48.1 Å². The highest BCUT2D eigenvalue weighted by Crippen LogP contribution is 2.31. The highest BCUT2D eigenvalue weighted by Gasteiger charge is 2.21. The van der Waals surface area contributed by atoms with E-state index in [4.69, 9.17) is 23.2 Å². The van der Waals surface area contributed by atoms with Crippen LogP contribution in [0.2, 0.25) is 10.0 Å². The third-order valence-corrected chi connectivity index (χ3v) is 6.73. The minimum absolute atomic E-state index is 0.0718. The van der Waals surface area contributed by atoms with Gasteiger partial charge in [-0.2, -0.15) is 0 Å². The summed E-state index contributed by atoms with van der Waals surface area (Å²) in [6, 6.07) is 12.7. The Labute approximate surface area is 195 Å². The summed E-state index contributed by atoms with van der Waals surface area (Å²) in [4.78, 5) is 12.4. The number of hydrogen-bond acceptors (Lipinski definition) is 3. The van der Waals surface area contributed by atoms with Crippen molar-refractivity contribution >= 4 is 44.8 Å². The quantitative estimate of drug-likeness (QED) is 0.521. The van der Waals surface area contributed by atoms with Gasteiger partial charge in [0.25, 0.3) is 0 Å². The number of carbonyl (C=O) groups is 1. The van der Waals surface area contributed by atoms with Crippen LogP contribution in [0.5, 0.6) is 0 Å². The Morgan fingerprint density at radius 3 is 2.26 bits per heavy atom. The lowest BCUT2D eigenvalue weighted by Crippen LogP contribution is -2.32.